The van der Waals surface area contributed by atoms with Crippen LogP contribution < -0.4 is 0 Å². The molecule has 1 atom stereocenters. The van der Waals surface area contributed by atoms with Gasteiger partial charge in [-0.2, -0.15) is 0 Å². The number of hydrogen-bond acceptors (Lipinski definition) is 3. The smallest absolute Gasteiger partial charge is 0.159 e. The summed E-state index contributed by atoms with van der Waals surface area (Å²) in [5.74, 6) is 0.119. The number of carbonyl (C=O) groups excluding carboxylic acids is 2. The zero-order chi connectivity index (χ0) is 15.6. The van der Waals surface area contributed by atoms with Crippen molar-refractivity contribution in [2.45, 2.75) is 53.1 Å². The van der Waals surface area contributed by atoms with E-state index in [1.807, 2.05) is 27.7 Å². The predicted octanol–water partition coefficient (Wildman–Crippen LogP) is 3.14. The molecule has 3 heteroatoms. The van der Waals surface area contributed by atoms with Crippen molar-refractivity contribution in [3.63, 3.8) is 0 Å². The van der Waals surface area contributed by atoms with Crippen LogP contribution >= 0.6 is 0 Å². The van der Waals surface area contributed by atoms with Gasteiger partial charge in [0.2, 0.25) is 0 Å². The number of aldehydes is 1. The number of rotatable bonds is 4. The summed E-state index contributed by atoms with van der Waals surface area (Å²) in [6.45, 7) is 9.33. The van der Waals surface area contributed by atoms with Gasteiger partial charge in [-0.05, 0) is 49.1 Å². The molecule has 0 amide bonds. The Morgan fingerprint density at radius 2 is 2.00 bits per heavy atom. The van der Waals surface area contributed by atoms with Crippen LogP contribution in [0.15, 0.2) is 34.9 Å². The van der Waals surface area contributed by atoms with E-state index in [4.69, 9.17) is 0 Å². The average Bonchev–Trinajstić information content (AvgIpc) is 2.34. The molecule has 1 N–H and O–H groups in total. The van der Waals surface area contributed by atoms with Gasteiger partial charge in [-0.25, -0.2) is 0 Å². The van der Waals surface area contributed by atoms with Crippen molar-refractivity contribution < 1.29 is 14.7 Å². The molecule has 0 aliphatic heterocycles. The SMILES string of the molecule is CCC1=C(C)C(O)(/C=C/C(C)=C\C=O)C(C)(C)CC1=O. The largest absolute Gasteiger partial charge is 0.381 e. The second-order valence-corrected chi connectivity index (χ2v) is 6.09. The minimum absolute atomic E-state index is 0.119. The molecule has 0 saturated carbocycles. The molecule has 0 bridgehead atoms. The van der Waals surface area contributed by atoms with Gasteiger partial charge in [0.15, 0.2) is 5.78 Å². The molecule has 1 aliphatic rings. The third kappa shape index (κ3) is 2.83. The van der Waals surface area contributed by atoms with Crippen molar-refractivity contribution >= 4 is 12.1 Å². The molecule has 0 aromatic carbocycles. The van der Waals surface area contributed by atoms with Gasteiger partial charge in [0, 0.05) is 11.8 Å². The molecular formula is C17H24O3. The highest BCUT2D eigenvalue weighted by atomic mass is 16.3. The van der Waals surface area contributed by atoms with Crippen LogP contribution in [0.5, 0.6) is 0 Å². The lowest BCUT2D eigenvalue weighted by molar-refractivity contribution is -0.123. The van der Waals surface area contributed by atoms with E-state index in [1.54, 1.807) is 19.1 Å². The first-order chi connectivity index (χ1) is 9.19. The van der Waals surface area contributed by atoms with Gasteiger partial charge < -0.3 is 5.11 Å². The fraction of sp³-hybridized carbons (Fsp3) is 0.529. The first-order valence-corrected chi connectivity index (χ1v) is 6.96. The minimum Gasteiger partial charge on any atom is -0.381 e. The third-order valence-electron chi connectivity index (χ3n) is 4.27. The number of allylic oxidation sites excluding steroid dienone is 4. The molecule has 1 rings (SSSR count). The van der Waals surface area contributed by atoms with Crippen molar-refractivity contribution in [1.82, 2.24) is 0 Å². The maximum atomic E-state index is 12.1. The zero-order valence-electron chi connectivity index (χ0n) is 13.0. The van der Waals surface area contributed by atoms with E-state index in [0.717, 1.165) is 17.4 Å². The van der Waals surface area contributed by atoms with E-state index in [-0.39, 0.29) is 5.78 Å². The van der Waals surface area contributed by atoms with E-state index in [1.165, 1.54) is 6.08 Å². The van der Waals surface area contributed by atoms with Crippen LogP contribution in [0.3, 0.4) is 0 Å². The normalized spacial score (nSPS) is 27.3. The summed E-state index contributed by atoms with van der Waals surface area (Å²) in [5.41, 5.74) is 0.478. The molecule has 20 heavy (non-hydrogen) atoms. The van der Waals surface area contributed by atoms with E-state index < -0.39 is 11.0 Å². The lowest BCUT2D eigenvalue weighted by Gasteiger charge is -2.45. The summed E-state index contributed by atoms with van der Waals surface area (Å²) in [7, 11) is 0. The van der Waals surface area contributed by atoms with Gasteiger partial charge in [0.25, 0.3) is 0 Å². The van der Waals surface area contributed by atoms with Crippen molar-refractivity contribution in [2.24, 2.45) is 5.41 Å². The monoisotopic (exact) mass is 276 g/mol. The molecule has 1 unspecified atom stereocenters. The van der Waals surface area contributed by atoms with Gasteiger partial charge in [-0.1, -0.05) is 26.8 Å². The molecule has 3 nitrogen and oxygen atoms in total. The first kappa shape index (κ1) is 16.6. The number of Topliss-reactive ketones (excluding diaryl/α,β-unsaturated/α-hetero) is 1. The fourth-order valence-corrected chi connectivity index (χ4v) is 2.82. The van der Waals surface area contributed by atoms with Gasteiger partial charge >= 0.3 is 0 Å². The average molecular weight is 276 g/mol. The fourth-order valence-electron chi connectivity index (χ4n) is 2.82. The highest BCUT2D eigenvalue weighted by molar-refractivity contribution is 5.98. The van der Waals surface area contributed by atoms with E-state index >= 15 is 0 Å². The number of carbonyl (C=O) groups is 2. The van der Waals surface area contributed by atoms with Crippen LogP contribution in [0, 0.1) is 5.41 Å². The Morgan fingerprint density at radius 1 is 1.40 bits per heavy atom. The molecule has 0 aromatic heterocycles. The Bertz CT molecular complexity index is 506. The van der Waals surface area contributed by atoms with Crippen LogP contribution in [-0.2, 0) is 9.59 Å². The minimum atomic E-state index is -1.16. The van der Waals surface area contributed by atoms with Crippen molar-refractivity contribution in [3.8, 4) is 0 Å². The quantitative estimate of drug-likeness (QED) is 0.487. The lowest BCUT2D eigenvalue weighted by atomic mass is 9.62. The van der Waals surface area contributed by atoms with Gasteiger partial charge in [-0.15, -0.1) is 0 Å². The molecule has 0 heterocycles. The van der Waals surface area contributed by atoms with E-state index in [2.05, 4.69) is 0 Å². The van der Waals surface area contributed by atoms with Crippen LogP contribution in [0.2, 0.25) is 0 Å². The molecule has 0 fully saturated rings. The second-order valence-electron chi connectivity index (χ2n) is 6.09. The van der Waals surface area contributed by atoms with Crippen molar-refractivity contribution in [3.05, 3.63) is 34.9 Å². The Morgan fingerprint density at radius 3 is 2.50 bits per heavy atom. The maximum absolute atomic E-state index is 12.1. The number of hydrogen-bond donors (Lipinski definition) is 1. The van der Waals surface area contributed by atoms with Gasteiger partial charge in [-0.3, -0.25) is 9.59 Å². The Kier molecular flexibility index (Phi) is 4.87. The highest BCUT2D eigenvalue weighted by Gasteiger charge is 2.48. The molecule has 0 spiro atoms. The van der Waals surface area contributed by atoms with Crippen LogP contribution in [0.1, 0.15) is 47.5 Å². The van der Waals surface area contributed by atoms with E-state index in [9.17, 15) is 14.7 Å². The van der Waals surface area contributed by atoms with Crippen LogP contribution in [0.25, 0.3) is 0 Å². The second kappa shape index (κ2) is 5.88. The summed E-state index contributed by atoms with van der Waals surface area (Å²) in [6, 6.07) is 0. The van der Waals surface area contributed by atoms with E-state index in [0.29, 0.717) is 18.4 Å². The van der Waals surface area contributed by atoms with Crippen molar-refractivity contribution in [1.29, 1.82) is 0 Å². The topological polar surface area (TPSA) is 54.4 Å². The summed E-state index contributed by atoms with van der Waals surface area (Å²) in [5, 5.41) is 11.1. The summed E-state index contributed by atoms with van der Waals surface area (Å²) < 4.78 is 0. The van der Waals surface area contributed by atoms with Crippen LogP contribution in [-0.4, -0.2) is 22.8 Å². The first-order valence-electron chi connectivity index (χ1n) is 6.96. The summed E-state index contributed by atoms with van der Waals surface area (Å²) in [6.07, 6.45) is 6.56. The standard InChI is InChI=1S/C17H24O3/c1-6-14-13(3)17(20,9-7-12(2)8-10-18)16(4,5)11-15(14)19/h7-10,20H,6,11H2,1-5H3/b9-7+,12-8-. The third-order valence-corrected chi connectivity index (χ3v) is 4.27. The lowest BCUT2D eigenvalue weighted by Crippen LogP contribution is -2.49. The molecule has 0 radical (unpaired) electrons. The van der Waals surface area contributed by atoms with Gasteiger partial charge in [0.1, 0.15) is 11.9 Å². The van der Waals surface area contributed by atoms with Crippen molar-refractivity contribution in [2.75, 3.05) is 0 Å². The summed E-state index contributed by atoms with van der Waals surface area (Å²) in [4.78, 5) is 22.6. The van der Waals surface area contributed by atoms with Crippen LogP contribution in [0.4, 0.5) is 0 Å². The molecule has 110 valence electrons. The number of ketones is 1. The highest BCUT2D eigenvalue weighted by Crippen LogP contribution is 2.47. The number of aliphatic hydroxyl groups is 1. The molecule has 0 aromatic rings. The summed E-state index contributed by atoms with van der Waals surface area (Å²) >= 11 is 0. The maximum Gasteiger partial charge on any atom is 0.159 e. The zero-order valence-corrected chi connectivity index (χ0v) is 13.0. The molecular weight excluding hydrogens is 252 g/mol. The Labute approximate surface area is 121 Å². The van der Waals surface area contributed by atoms with Gasteiger partial charge in [0.05, 0.1) is 0 Å². The Hall–Kier alpha value is -1.48. The molecule has 0 saturated heterocycles. The Balaban J connectivity index is 3.35. The molecule has 1 aliphatic carbocycles. The predicted molar refractivity (Wildman–Crippen MR) is 80.3 cm³/mol.